The Kier molecular flexibility index (Phi) is 2.29. The van der Waals surface area contributed by atoms with Gasteiger partial charge in [-0.1, -0.05) is 12.1 Å². The van der Waals surface area contributed by atoms with E-state index in [-0.39, 0.29) is 0 Å². The molecule has 0 heterocycles. The lowest BCUT2D eigenvalue weighted by molar-refractivity contribution is 1.25. The highest BCUT2D eigenvalue weighted by Crippen LogP contribution is 2.38. The van der Waals surface area contributed by atoms with Crippen molar-refractivity contribution in [1.82, 2.24) is 0 Å². The molecular weight excluding hydrogens is 315 g/mol. The van der Waals surface area contributed by atoms with Gasteiger partial charge in [0.15, 0.2) is 0 Å². The van der Waals surface area contributed by atoms with E-state index in [0.717, 1.165) is 11.3 Å². The fourth-order valence-corrected chi connectivity index (χ4v) is 2.82. The standard InChI is InChI=1S/C13H9IS/c14-10-3-1-8-5-9-2-4-11(15)7-13(9)12(8)6-10/h1-4,6-7,15H,5H2. The van der Waals surface area contributed by atoms with Crippen molar-refractivity contribution in [1.29, 1.82) is 0 Å². The molecule has 0 atom stereocenters. The summed E-state index contributed by atoms with van der Waals surface area (Å²) in [6.45, 7) is 0. The van der Waals surface area contributed by atoms with Crippen LogP contribution >= 0.6 is 35.2 Å². The van der Waals surface area contributed by atoms with Gasteiger partial charge in [0.1, 0.15) is 0 Å². The van der Waals surface area contributed by atoms with Gasteiger partial charge in [0.2, 0.25) is 0 Å². The van der Waals surface area contributed by atoms with Gasteiger partial charge in [0, 0.05) is 8.47 Å². The van der Waals surface area contributed by atoms with Gasteiger partial charge >= 0.3 is 0 Å². The summed E-state index contributed by atoms with van der Waals surface area (Å²) in [7, 11) is 0. The summed E-state index contributed by atoms with van der Waals surface area (Å²) in [5, 5.41) is 0. The molecule has 0 spiro atoms. The lowest BCUT2D eigenvalue weighted by atomic mass is 10.1. The lowest BCUT2D eigenvalue weighted by Gasteiger charge is -2.02. The summed E-state index contributed by atoms with van der Waals surface area (Å²) in [5.74, 6) is 0. The zero-order chi connectivity index (χ0) is 10.4. The van der Waals surface area contributed by atoms with Gasteiger partial charge in [0.25, 0.3) is 0 Å². The second-order valence-electron chi connectivity index (χ2n) is 3.82. The van der Waals surface area contributed by atoms with Crippen LogP contribution in [0.15, 0.2) is 41.3 Å². The Balaban J connectivity index is 2.28. The maximum atomic E-state index is 4.40. The molecule has 0 radical (unpaired) electrons. The zero-order valence-corrected chi connectivity index (χ0v) is 11.0. The first kappa shape index (κ1) is 9.73. The van der Waals surface area contributed by atoms with E-state index in [1.165, 1.54) is 25.8 Å². The third-order valence-corrected chi connectivity index (χ3v) is 3.79. The van der Waals surface area contributed by atoms with Crippen LogP contribution in [0.5, 0.6) is 0 Å². The Morgan fingerprint density at radius 2 is 1.60 bits per heavy atom. The molecule has 0 N–H and O–H groups in total. The largest absolute Gasteiger partial charge is 0.143 e. The molecule has 0 unspecified atom stereocenters. The van der Waals surface area contributed by atoms with E-state index < -0.39 is 0 Å². The van der Waals surface area contributed by atoms with E-state index in [9.17, 15) is 0 Å². The highest BCUT2D eigenvalue weighted by atomic mass is 127. The maximum Gasteiger partial charge on any atom is 0.0136 e. The molecule has 0 bridgehead atoms. The van der Waals surface area contributed by atoms with Crippen molar-refractivity contribution in [3.63, 3.8) is 0 Å². The van der Waals surface area contributed by atoms with E-state index in [1.54, 1.807) is 0 Å². The minimum atomic E-state index is 1.04. The van der Waals surface area contributed by atoms with E-state index in [2.05, 4.69) is 71.6 Å². The first-order valence-corrected chi connectivity index (χ1v) is 6.37. The molecule has 1 aliphatic rings. The highest BCUT2D eigenvalue weighted by Gasteiger charge is 2.18. The van der Waals surface area contributed by atoms with Crippen LogP contribution in [0.1, 0.15) is 11.1 Å². The first-order valence-electron chi connectivity index (χ1n) is 4.85. The number of thiol groups is 1. The quantitative estimate of drug-likeness (QED) is 0.466. The highest BCUT2D eigenvalue weighted by molar-refractivity contribution is 14.1. The van der Waals surface area contributed by atoms with Crippen molar-refractivity contribution in [2.45, 2.75) is 11.3 Å². The Bertz CT molecular complexity index is 497. The Morgan fingerprint density at radius 3 is 2.40 bits per heavy atom. The zero-order valence-electron chi connectivity index (χ0n) is 8.00. The van der Waals surface area contributed by atoms with Crippen LogP contribution in [-0.4, -0.2) is 0 Å². The Morgan fingerprint density at radius 1 is 0.933 bits per heavy atom. The van der Waals surface area contributed by atoms with Gasteiger partial charge in [-0.15, -0.1) is 12.6 Å². The van der Waals surface area contributed by atoms with E-state index in [1.807, 2.05) is 0 Å². The monoisotopic (exact) mass is 324 g/mol. The predicted octanol–water partition coefficient (Wildman–Crippen LogP) is 4.15. The third-order valence-electron chi connectivity index (χ3n) is 2.84. The summed E-state index contributed by atoms with van der Waals surface area (Å²) < 4.78 is 1.30. The number of hydrogen-bond donors (Lipinski definition) is 1. The van der Waals surface area contributed by atoms with Crippen LogP contribution in [0.25, 0.3) is 11.1 Å². The van der Waals surface area contributed by atoms with Crippen molar-refractivity contribution in [3.05, 3.63) is 51.1 Å². The Hall–Kier alpha value is -0.480. The lowest BCUT2D eigenvalue weighted by Crippen LogP contribution is -1.79. The maximum absolute atomic E-state index is 4.40. The summed E-state index contributed by atoms with van der Waals surface area (Å²) in [6, 6.07) is 13.1. The topological polar surface area (TPSA) is 0 Å². The molecule has 2 aromatic carbocycles. The third kappa shape index (κ3) is 1.60. The molecule has 1 aliphatic carbocycles. The van der Waals surface area contributed by atoms with Crippen molar-refractivity contribution >= 4 is 35.2 Å². The van der Waals surface area contributed by atoms with Crippen LogP contribution in [-0.2, 0) is 6.42 Å². The molecule has 0 nitrogen and oxygen atoms in total. The molecule has 2 aromatic rings. The molecule has 0 saturated carbocycles. The van der Waals surface area contributed by atoms with Gasteiger partial charge in [-0.05, 0) is 75.5 Å². The molecule has 0 fully saturated rings. The summed E-state index contributed by atoms with van der Waals surface area (Å²) in [4.78, 5) is 1.04. The van der Waals surface area contributed by atoms with Gasteiger partial charge in [-0.3, -0.25) is 0 Å². The number of benzene rings is 2. The molecule has 0 aromatic heterocycles. The van der Waals surface area contributed by atoms with Gasteiger partial charge in [0.05, 0.1) is 0 Å². The smallest absolute Gasteiger partial charge is 0.0136 e. The minimum absolute atomic E-state index is 1.04. The van der Waals surface area contributed by atoms with Crippen LogP contribution in [0.2, 0.25) is 0 Å². The number of hydrogen-bond acceptors (Lipinski definition) is 1. The van der Waals surface area contributed by atoms with E-state index in [0.29, 0.717) is 0 Å². The fraction of sp³-hybridized carbons (Fsp3) is 0.0769. The van der Waals surface area contributed by atoms with Crippen molar-refractivity contribution in [2.24, 2.45) is 0 Å². The van der Waals surface area contributed by atoms with Gasteiger partial charge in [-0.2, -0.15) is 0 Å². The molecule has 0 aliphatic heterocycles. The first-order chi connectivity index (χ1) is 7.24. The molecule has 0 amide bonds. The van der Waals surface area contributed by atoms with Gasteiger partial charge in [-0.25, -0.2) is 0 Å². The Labute approximate surface area is 108 Å². The minimum Gasteiger partial charge on any atom is -0.143 e. The molecule has 74 valence electrons. The van der Waals surface area contributed by atoms with Crippen LogP contribution < -0.4 is 0 Å². The number of rotatable bonds is 0. The van der Waals surface area contributed by atoms with Crippen LogP contribution in [0.3, 0.4) is 0 Å². The SMILES string of the molecule is Sc1ccc2c(c1)-c1cc(I)ccc1C2. The molecular formula is C13H9IS. The average Bonchev–Trinajstić information content (AvgIpc) is 2.56. The van der Waals surface area contributed by atoms with E-state index in [4.69, 9.17) is 0 Å². The second-order valence-corrected chi connectivity index (χ2v) is 5.58. The fourth-order valence-electron chi connectivity index (χ4n) is 2.13. The number of fused-ring (bicyclic) bond motifs is 3. The number of halogens is 1. The predicted molar refractivity (Wildman–Crippen MR) is 74.7 cm³/mol. The van der Waals surface area contributed by atoms with Crippen LogP contribution in [0, 0.1) is 3.57 Å². The molecule has 3 rings (SSSR count). The van der Waals surface area contributed by atoms with Crippen LogP contribution in [0.4, 0.5) is 0 Å². The summed E-state index contributed by atoms with van der Waals surface area (Å²) >= 11 is 6.76. The second kappa shape index (κ2) is 3.52. The molecule has 2 heteroatoms. The molecule has 15 heavy (non-hydrogen) atoms. The van der Waals surface area contributed by atoms with Gasteiger partial charge < -0.3 is 0 Å². The van der Waals surface area contributed by atoms with E-state index >= 15 is 0 Å². The summed E-state index contributed by atoms with van der Waals surface area (Å²) in [5.41, 5.74) is 5.60. The van der Waals surface area contributed by atoms with Crippen molar-refractivity contribution < 1.29 is 0 Å². The normalized spacial score (nSPS) is 12.4. The molecule has 0 saturated heterocycles. The van der Waals surface area contributed by atoms with Crippen molar-refractivity contribution in [2.75, 3.05) is 0 Å². The summed E-state index contributed by atoms with van der Waals surface area (Å²) in [6.07, 6.45) is 1.07. The average molecular weight is 324 g/mol. The van der Waals surface area contributed by atoms with Crippen molar-refractivity contribution in [3.8, 4) is 11.1 Å².